The molecule has 4 N–H and O–H groups in total. The fraction of sp³-hybridized carbons (Fsp3) is 0.111. The Kier molecular flexibility index (Phi) is 6.31. The number of rotatable bonds is 6. The summed E-state index contributed by atoms with van der Waals surface area (Å²) in [5, 5.41) is 15.1. The van der Waals surface area contributed by atoms with Crippen LogP contribution in [0.1, 0.15) is 0 Å². The van der Waals surface area contributed by atoms with Gasteiger partial charge in [0, 0.05) is 23.6 Å². The number of nitrogens with zero attached hydrogens (tertiary/aromatic N) is 1. The second-order valence-electron chi connectivity index (χ2n) is 5.07. The lowest BCUT2D eigenvalue weighted by atomic mass is 10.2. The van der Waals surface area contributed by atoms with Crippen LogP contribution in [0.4, 0.5) is 17.1 Å². The molecule has 0 radical (unpaired) electrons. The maximum atomic E-state index is 12.3. The maximum absolute atomic E-state index is 12.3. The van der Waals surface area contributed by atoms with Crippen molar-refractivity contribution in [3.8, 4) is 17.6 Å². The Balaban J connectivity index is 2.13. The molecule has 0 heterocycles. The van der Waals surface area contributed by atoms with Crippen LogP contribution in [0.15, 0.2) is 48.2 Å². The summed E-state index contributed by atoms with van der Waals surface area (Å²) in [4.78, 5) is 12.3. The molecule has 7 nitrogen and oxygen atoms in total. The van der Waals surface area contributed by atoms with E-state index in [1.807, 2.05) is 6.07 Å². The Morgan fingerprint density at radius 3 is 2.46 bits per heavy atom. The molecule has 2 aromatic carbocycles. The number of carbonyl (C=O) groups is 1. The summed E-state index contributed by atoms with van der Waals surface area (Å²) < 4.78 is 10.3. The van der Waals surface area contributed by atoms with E-state index in [4.69, 9.17) is 26.8 Å². The standard InChI is InChI=1S/C18H17ClN4O3/c1-25-16-6-4-13(8-17(16)26-2)23-18(24)11(9-20)10-22-12-3-5-15(21)14(19)7-12/h3-8,10,22H,21H2,1-2H3,(H,23,24)/b11-10-. The van der Waals surface area contributed by atoms with E-state index in [0.717, 1.165) is 0 Å². The lowest BCUT2D eigenvalue weighted by Crippen LogP contribution is -2.14. The monoisotopic (exact) mass is 372 g/mol. The summed E-state index contributed by atoms with van der Waals surface area (Å²) in [6.45, 7) is 0. The minimum atomic E-state index is -0.575. The van der Waals surface area contributed by atoms with Gasteiger partial charge in [0.15, 0.2) is 11.5 Å². The molecule has 0 aliphatic heterocycles. The minimum Gasteiger partial charge on any atom is -0.493 e. The molecular weight excluding hydrogens is 356 g/mol. The molecule has 0 spiro atoms. The molecule has 0 aromatic heterocycles. The molecule has 1 amide bonds. The SMILES string of the molecule is COc1ccc(NC(=O)/C(C#N)=C\Nc2ccc(N)c(Cl)c2)cc1OC. The van der Waals surface area contributed by atoms with Gasteiger partial charge in [-0.05, 0) is 30.3 Å². The van der Waals surface area contributed by atoms with Crippen LogP contribution in [0.2, 0.25) is 5.02 Å². The summed E-state index contributed by atoms with van der Waals surface area (Å²) >= 11 is 5.93. The zero-order valence-electron chi connectivity index (χ0n) is 14.2. The lowest BCUT2D eigenvalue weighted by molar-refractivity contribution is -0.112. The predicted molar refractivity (Wildman–Crippen MR) is 101 cm³/mol. The third-order valence-electron chi connectivity index (χ3n) is 3.39. The third-order valence-corrected chi connectivity index (χ3v) is 3.72. The van der Waals surface area contributed by atoms with Gasteiger partial charge in [-0.3, -0.25) is 4.79 Å². The largest absolute Gasteiger partial charge is 0.493 e. The first kappa shape index (κ1) is 19.0. The lowest BCUT2D eigenvalue weighted by Gasteiger charge is -2.10. The maximum Gasteiger partial charge on any atom is 0.267 e. The van der Waals surface area contributed by atoms with E-state index in [2.05, 4.69) is 10.6 Å². The molecule has 0 saturated carbocycles. The number of nitrogen functional groups attached to an aromatic ring is 1. The number of hydrogen-bond donors (Lipinski definition) is 3. The van der Waals surface area contributed by atoms with Gasteiger partial charge in [-0.25, -0.2) is 0 Å². The molecule has 8 heteroatoms. The van der Waals surface area contributed by atoms with Crippen molar-refractivity contribution in [3.05, 3.63) is 53.2 Å². The van der Waals surface area contributed by atoms with Gasteiger partial charge in [0.2, 0.25) is 0 Å². The highest BCUT2D eigenvalue weighted by Gasteiger charge is 2.11. The van der Waals surface area contributed by atoms with Crippen LogP contribution in [0.3, 0.4) is 0 Å². The minimum absolute atomic E-state index is 0.118. The molecule has 0 fully saturated rings. The number of benzene rings is 2. The van der Waals surface area contributed by atoms with Gasteiger partial charge in [-0.1, -0.05) is 11.6 Å². The normalized spacial score (nSPS) is 10.6. The number of anilines is 3. The van der Waals surface area contributed by atoms with E-state index >= 15 is 0 Å². The number of ether oxygens (including phenoxy) is 2. The average Bonchev–Trinajstić information content (AvgIpc) is 2.64. The van der Waals surface area contributed by atoms with Crippen molar-refractivity contribution < 1.29 is 14.3 Å². The average molecular weight is 373 g/mol. The van der Waals surface area contributed by atoms with Crippen molar-refractivity contribution in [1.82, 2.24) is 0 Å². The Hall–Kier alpha value is -3.37. The number of hydrogen-bond acceptors (Lipinski definition) is 6. The highest BCUT2D eigenvalue weighted by atomic mass is 35.5. The molecule has 2 aromatic rings. The van der Waals surface area contributed by atoms with Crippen molar-refractivity contribution in [3.63, 3.8) is 0 Å². The smallest absolute Gasteiger partial charge is 0.267 e. The second-order valence-corrected chi connectivity index (χ2v) is 5.48. The van der Waals surface area contributed by atoms with Crippen LogP contribution >= 0.6 is 11.6 Å². The molecule has 0 bridgehead atoms. The summed E-state index contributed by atoms with van der Waals surface area (Å²) in [6.07, 6.45) is 1.29. The van der Waals surface area contributed by atoms with Crippen molar-refractivity contribution in [2.75, 3.05) is 30.6 Å². The summed E-state index contributed by atoms with van der Waals surface area (Å²) in [5.41, 5.74) is 7.01. The fourth-order valence-corrected chi connectivity index (χ4v) is 2.21. The van der Waals surface area contributed by atoms with Crippen LogP contribution in [-0.4, -0.2) is 20.1 Å². The van der Waals surface area contributed by atoms with Crippen LogP contribution in [0, 0.1) is 11.3 Å². The van der Waals surface area contributed by atoms with Gasteiger partial charge >= 0.3 is 0 Å². The fourth-order valence-electron chi connectivity index (χ4n) is 2.03. The first-order chi connectivity index (χ1) is 12.5. The number of amides is 1. The molecule has 2 rings (SSSR count). The van der Waals surface area contributed by atoms with E-state index in [1.165, 1.54) is 20.4 Å². The number of carbonyl (C=O) groups excluding carboxylic acids is 1. The highest BCUT2D eigenvalue weighted by Crippen LogP contribution is 2.30. The van der Waals surface area contributed by atoms with Crippen LogP contribution in [-0.2, 0) is 4.79 Å². The number of methoxy groups -OCH3 is 2. The number of nitrogens with one attached hydrogen (secondary N) is 2. The van der Waals surface area contributed by atoms with Gasteiger partial charge in [-0.2, -0.15) is 5.26 Å². The van der Waals surface area contributed by atoms with Gasteiger partial charge < -0.3 is 25.8 Å². The quantitative estimate of drug-likeness (QED) is 0.407. The van der Waals surface area contributed by atoms with Crippen LogP contribution in [0.25, 0.3) is 0 Å². The van der Waals surface area contributed by atoms with Crippen LogP contribution in [0.5, 0.6) is 11.5 Å². The Bertz CT molecular complexity index is 890. The molecule has 134 valence electrons. The molecule has 0 aliphatic carbocycles. The van der Waals surface area contributed by atoms with Crippen molar-refractivity contribution in [2.24, 2.45) is 0 Å². The second kappa shape index (κ2) is 8.65. The van der Waals surface area contributed by atoms with E-state index in [9.17, 15) is 10.1 Å². The van der Waals surface area contributed by atoms with Crippen molar-refractivity contribution >= 4 is 34.6 Å². The van der Waals surface area contributed by atoms with E-state index in [-0.39, 0.29) is 5.57 Å². The number of halogens is 1. The molecule has 26 heavy (non-hydrogen) atoms. The molecule has 0 atom stereocenters. The van der Waals surface area contributed by atoms with E-state index in [0.29, 0.717) is 33.6 Å². The van der Waals surface area contributed by atoms with Crippen molar-refractivity contribution in [1.29, 1.82) is 5.26 Å². The van der Waals surface area contributed by atoms with Crippen molar-refractivity contribution in [2.45, 2.75) is 0 Å². The third kappa shape index (κ3) is 4.59. The highest BCUT2D eigenvalue weighted by molar-refractivity contribution is 6.33. The first-order valence-electron chi connectivity index (χ1n) is 7.43. The molecule has 0 saturated heterocycles. The Labute approximate surface area is 156 Å². The molecule has 0 aliphatic rings. The van der Waals surface area contributed by atoms with E-state index in [1.54, 1.807) is 36.4 Å². The zero-order valence-corrected chi connectivity index (χ0v) is 14.9. The molecular formula is C18H17ClN4O3. The summed E-state index contributed by atoms with van der Waals surface area (Å²) in [6, 6.07) is 11.6. The van der Waals surface area contributed by atoms with Crippen LogP contribution < -0.4 is 25.8 Å². The predicted octanol–water partition coefficient (Wildman–Crippen LogP) is 3.40. The van der Waals surface area contributed by atoms with E-state index < -0.39 is 5.91 Å². The first-order valence-corrected chi connectivity index (χ1v) is 7.81. The molecule has 0 unspecified atom stereocenters. The summed E-state index contributed by atoms with van der Waals surface area (Å²) in [7, 11) is 3.01. The Morgan fingerprint density at radius 2 is 1.85 bits per heavy atom. The Morgan fingerprint density at radius 1 is 1.15 bits per heavy atom. The number of nitrogens with two attached hydrogens (primary N) is 1. The van der Waals surface area contributed by atoms with Gasteiger partial charge in [0.25, 0.3) is 5.91 Å². The summed E-state index contributed by atoms with van der Waals surface area (Å²) in [5.74, 6) is 0.416. The van der Waals surface area contributed by atoms with Gasteiger partial charge in [0.05, 0.1) is 24.9 Å². The van der Waals surface area contributed by atoms with Gasteiger partial charge in [0.1, 0.15) is 11.6 Å². The van der Waals surface area contributed by atoms with Gasteiger partial charge in [-0.15, -0.1) is 0 Å². The number of nitriles is 1. The topological polar surface area (TPSA) is 109 Å². The zero-order chi connectivity index (χ0) is 19.1.